The lowest BCUT2D eigenvalue weighted by molar-refractivity contribution is -0.386. The summed E-state index contributed by atoms with van der Waals surface area (Å²) in [5.74, 6) is 0.224. The molecule has 2 aromatic carbocycles. The number of aryl methyl sites for hydroxylation is 1. The number of hydrogen-bond acceptors (Lipinski definition) is 8. The molecular weight excluding hydrogens is 394 g/mol. The summed E-state index contributed by atoms with van der Waals surface area (Å²) < 4.78 is 6.76. The molecule has 150 valence electrons. The van der Waals surface area contributed by atoms with Crippen molar-refractivity contribution in [3.05, 3.63) is 69.5 Å². The Balaban J connectivity index is 1.79. The van der Waals surface area contributed by atoms with Crippen molar-refractivity contribution in [3.8, 4) is 11.5 Å². The predicted octanol–water partition coefficient (Wildman–Crippen LogP) is 3.77. The zero-order valence-electron chi connectivity index (χ0n) is 15.8. The van der Waals surface area contributed by atoms with Crippen molar-refractivity contribution >= 4 is 23.7 Å². The second-order valence-corrected chi connectivity index (χ2v) is 7.00. The highest BCUT2D eigenvalue weighted by molar-refractivity contribution is 7.98. The molecule has 0 fully saturated rings. The van der Waals surface area contributed by atoms with Crippen LogP contribution in [0.15, 0.2) is 53.0 Å². The first-order chi connectivity index (χ1) is 14.0. The lowest BCUT2D eigenvalue weighted by Gasteiger charge is -2.07. The SMILES string of the molecule is CCOc1cc(/C=N\n2cnnc2SCc2ccc(C)cc2)cc([N+](=O)[O-])c1O. The number of nitro benzene ring substituents is 1. The fourth-order valence-electron chi connectivity index (χ4n) is 2.45. The van der Waals surface area contributed by atoms with Crippen LogP contribution in [0, 0.1) is 17.0 Å². The van der Waals surface area contributed by atoms with Crippen LogP contribution < -0.4 is 4.74 Å². The van der Waals surface area contributed by atoms with Gasteiger partial charge in [-0.2, -0.15) is 9.78 Å². The number of phenols is 1. The van der Waals surface area contributed by atoms with Gasteiger partial charge in [0, 0.05) is 17.4 Å². The van der Waals surface area contributed by atoms with E-state index < -0.39 is 16.4 Å². The third-order valence-electron chi connectivity index (χ3n) is 3.89. The van der Waals surface area contributed by atoms with E-state index >= 15 is 0 Å². The summed E-state index contributed by atoms with van der Waals surface area (Å²) in [5, 5.41) is 33.9. The lowest BCUT2D eigenvalue weighted by atomic mass is 10.2. The van der Waals surface area contributed by atoms with Crippen LogP contribution in [0.4, 0.5) is 5.69 Å². The van der Waals surface area contributed by atoms with Crippen molar-refractivity contribution in [1.29, 1.82) is 0 Å². The number of phenolic OH excluding ortho intramolecular Hbond substituents is 1. The molecule has 1 aromatic heterocycles. The Bertz CT molecular complexity index is 1030. The smallest absolute Gasteiger partial charge is 0.315 e. The molecular formula is C19H19N5O4S. The van der Waals surface area contributed by atoms with Gasteiger partial charge in [0.2, 0.25) is 10.9 Å². The van der Waals surface area contributed by atoms with Crippen LogP contribution in [-0.4, -0.2) is 37.7 Å². The normalized spacial score (nSPS) is 11.1. The Kier molecular flexibility index (Phi) is 6.45. The van der Waals surface area contributed by atoms with Crippen molar-refractivity contribution in [2.75, 3.05) is 6.61 Å². The third-order valence-corrected chi connectivity index (χ3v) is 4.90. The molecule has 9 nitrogen and oxygen atoms in total. The third kappa shape index (κ3) is 5.11. The first-order valence-corrected chi connectivity index (χ1v) is 9.73. The van der Waals surface area contributed by atoms with Crippen molar-refractivity contribution in [2.24, 2.45) is 5.10 Å². The van der Waals surface area contributed by atoms with Crippen LogP contribution >= 0.6 is 11.8 Å². The van der Waals surface area contributed by atoms with E-state index in [1.54, 1.807) is 6.92 Å². The second kappa shape index (κ2) is 9.20. The minimum absolute atomic E-state index is 0.0286. The summed E-state index contributed by atoms with van der Waals surface area (Å²) in [7, 11) is 0. The van der Waals surface area contributed by atoms with Crippen LogP contribution in [0.2, 0.25) is 0 Å². The molecule has 0 radical (unpaired) electrons. The molecule has 0 atom stereocenters. The molecule has 29 heavy (non-hydrogen) atoms. The van der Waals surface area contributed by atoms with Crippen LogP contribution in [0.25, 0.3) is 0 Å². The van der Waals surface area contributed by atoms with E-state index in [2.05, 4.69) is 27.4 Å². The molecule has 0 spiro atoms. The average Bonchev–Trinajstić information content (AvgIpc) is 3.15. The number of rotatable bonds is 8. The van der Waals surface area contributed by atoms with Crippen LogP contribution in [0.5, 0.6) is 11.5 Å². The van der Waals surface area contributed by atoms with Crippen molar-refractivity contribution in [1.82, 2.24) is 14.9 Å². The number of ether oxygens (including phenoxy) is 1. The maximum Gasteiger partial charge on any atom is 0.315 e. The van der Waals surface area contributed by atoms with Crippen molar-refractivity contribution < 1.29 is 14.8 Å². The Morgan fingerprint density at radius 2 is 2.10 bits per heavy atom. The van der Waals surface area contributed by atoms with Gasteiger partial charge in [-0.15, -0.1) is 10.2 Å². The Morgan fingerprint density at radius 1 is 1.34 bits per heavy atom. The molecule has 0 saturated carbocycles. The lowest BCUT2D eigenvalue weighted by Crippen LogP contribution is -1.98. The van der Waals surface area contributed by atoms with E-state index in [9.17, 15) is 15.2 Å². The second-order valence-electron chi connectivity index (χ2n) is 6.05. The van der Waals surface area contributed by atoms with Gasteiger partial charge < -0.3 is 9.84 Å². The largest absolute Gasteiger partial charge is 0.500 e. The van der Waals surface area contributed by atoms with E-state index in [4.69, 9.17) is 4.74 Å². The Morgan fingerprint density at radius 3 is 2.79 bits per heavy atom. The number of aromatic hydroxyl groups is 1. The van der Waals surface area contributed by atoms with E-state index in [0.717, 1.165) is 5.56 Å². The van der Waals surface area contributed by atoms with E-state index in [0.29, 0.717) is 16.5 Å². The number of hydrogen-bond donors (Lipinski definition) is 1. The quantitative estimate of drug-likeness (QED) is 0.259. The van der Waals surface area contributed by atoms with Gasteiger partial charge in [-0.05, 0) is 25.5 Å². The molecule has 3 aromatic rings. The van der Waals surface area contributed by atoms with Crippen LogP contribution in [0.1, 0.15) is 23.6 Å². The number of thioether (sulfide) groups is 1. The minimum Gasteiger partial charge on any atom is -0.500 e. The van der Waals surface area contributed by atoms with E-state index in [1.807, 2.05) is 19.1 Å². The first kappa shape index (κ1) is 20.3. The highest BCUT2D eigenvalue weighted by Crippen LogP contribution is 2.36. The highest BCUT2D eigenvalue weighted by atomic mass is 32.2. The predicted molar refractivity (Wildman–Crippen MR) is 110 cm³/mol. The molecule has 0 aliphatic heterocycles. The summed E-state index contributed by atoms with van der Waals surface area (Å²) in [6.45, 7) is 4.02. The fraction of sp³-hybridized carbons (Fsp3) is 0.211. The molecule has 10 heteroatoms. The number of nitrogens with zero attached hydrogens (tertiary/aromatic N) is 5. The highest BCUT2D eigenvalue weighted by Gasteiger charge is 2.19. The molecule has 0 aliphatic carbocycles. The molecule has 0 amide bonds. The maximum absolute atomic E-state index is 11.2. The number of nitro groups is 1. The Hall–Kier alpha value is -3.40. The van der Waals surface area contributed by atoms with E-state index in [1.165, 1.54) is 46.7 Å². The zero-order chi connectivity index (χ0) is 20.8. The molecule has 1 heterocycles. The monoisotopic (exact) mass is 413 g/mol. The molecule has 0 bridgehead atoms. The summed E-state index contributed by atoms with van der Waals surface area (Å²) in [6, 6.07) is 10.9. The minimum atomic E-state index is -0.670. The zero-order valence-corrected chi connectivity index (χ0v) is 16.7. The Labute approximate surface area is 171 Å². The van der Waals surface area contributed by atoms with Crippen molar-refractivity contribution in [3.63, 3.8) is 0 Å². The summed E-state index contributed by atoms with van der Waals surface area (Å²) in [6.07, 6.45) is 2.88. The van der Waals surface area contributed by atoms with Gasteiger partial charge in [0.1, 0.15) is 6.33 Å². The van der Waals surface area contributed by atoms with Crippen LogP contribution in [-0.2, 0) is 5.75 Å². The molecule has 0 aliphatic rings. The van der Waals surface area contributed by atoms with Gasteiger partial charge in [0.15, 0.2) is 5.75 Å². The summed E-state index contributed by atoms with van der Waals surface area (Å²) >= 11 is 1.47. The van der Waals surface area contributed by atoms with Gasteiger partial charge in [0.25, 0.3) is 0 Å². The van der Waals surface area contributed by atoms with Gasteiger partial charge in [-0.1, -0.05) is 41.6 Å². The molecule has 1 N–H and O–H groups in total. The van der Waals surface area contributed by atoms with Gasteiger partial charge in [-0.25, -0.2) is 0 Å². The standard InChI is InChI=1S/C19H19N5O4S/c1-3-28-17-9-15(8-16(18(17)25)24(26)27)10-21-23-12-20-22-19(23)29-11-14-6-4-13(2)5-7-14/h4-10,12,25H,3,11H2,1-2H3/b21-10-. The molecule has 0 unspecified atom stereocenters. The molecule has 3 rings (SSSR count). The van der Waals surface area contributed by atoms with Gasteiger partial charge in [-0.3, -0.25) is 10.1 Å². The number of benzene rings is 2. The first-order valence-electron chi connectivity index (χ1n) is 8.75. The topological polar surface area (TPSA) is 116 Å². The van der Waals surface area contributed by atoms with Gasteiger partial charge >= 0.3 is 5.69 Å². The van der Waals surface area contributed by atoms with E-state index in [-0.39, 0.29) is 12.4 Å². The van der Waals surface area contributed by atoms with Crippen LogP contribution in [0.3, 0.4) is 0 Å². The number of aromatic nitrogens is 3. The fourth-order valence-corrected chi connectivity index (χ4v) is 3.27. The summed E-state index contributed by atoms with van der Waals surface area (Å²) in [5.41, 5.74) is 2.30. The summed E-state index contributed by atoms with van der Waals surface area (Å²) in [4.78, 5) is 10.5. The van der Waals surface area contributed by atoms with Crippen molar-refractivity contribution in [2.45, 2.75) is 24.8 Å². The average molecular weight is 413 g/mol. The van der Waals surface area contributed by atoms with Gasteiger partial charge in [0.05, 0.1) is 17.7 Å². The maximum atomic E-state index is 11.2. The molecule has 0 saturated heterocycles.